The van der Waals surface area contributed by atoms with Gasteiger partial charge in [0, 0.05) is 37.0 Å². The van der Waals surface area contributed by atoms with Crippen LogP contribution in [-0.4, -0.2) is 59.4 Å². The number of piperazine rings is 1. The molecular formula is C31H38Cl3N5O3. The number of aryl methyl sites for hydroxylation is 1. The molecule has 1 aromatic heterocycles. The number of nitrogens with zero attached hydrogens (tertiary/aromatic N) is 4. The fourth-order valence-electron chi connectivity index (χ4n) is 5.72. The van der Waals surface area contributed by atoms with E-state index < -0.39 is 5.97 Å². The summed E-state index contributed by atoms with van der Waals surface area (Å²) in [5, 5.41) is 19.0. The number of carboxylic acid groups (broad SMARTS) is 1. The number of fused-ring (bicyclic) bond motifs is 1. The van der Waals surface area contributed by atoms with Crippen molar-refractivity contribution in [1.82, 2.24) is 9.99 Å². The SMILES string of the molecule is CCC1c2cc(NC(=O)c3ccc(C=NN4CCN(c5ccccn5)CC4)cc3)ccc2CCC1CC(=O)O.Cl.Cl.Cl. The minimum atomic E-state index is -0.747. The van der Waals surface area contributed by atoms with Gasteiger partial charge < -0.3 is 15.3 Å². The van der Waals surface area contributed by atoms with E-state index in [2.05, 4.69) is 38.3 Å². The predicted octanol–water partition coefficient (Wildman–Crippen LogP) is 6.29. The standard InChI is InChI=1S/C31H35N5O3.3ClH/c1-2-27-25(19-30(37)38)11-10-23-12-13-26(20-28(23)27)34-31(39)24-8-6-22(7-9-24)21-33-36-17-15-35(16-18-36)29-5-3-4-14-32-29;;;/h3-9,12-14,20-21,25,27H,2,10-11,15-19H2,1H3,(H,34,39)(H,37,38);3*1H. The number of carbonyl (C=O) groups excluding carboxylic acids is 1. The summed E-state index contributed by atoms with van der Waals surface area (Å²) >= 11 is 0. The summed E-state index contributed by atoms with van der Waals surface area (Å²) in [4.78, 5) is 31.0. The highest BCUT2D eigenvalue weighted by molar-refractivity contribution is 6.04. The molecule has 0 saturated carbocycles. The van der Waals surface area contributed by atoms with Crippen LogP contribution in [0.25, 0.3) is 0 Å². The maximum absolute atomic E-state index is 13.0. The first-order valence-electron chi connectivity index (χ1n) is 13.7. The molecule has 1 aliphatic heterocycles. The number of nitrogens with one attached hydrogen (secondary N) is 1. The maximum Gasteiger partial charge on any atom is 0.303 e. The van der Waals surface area contributed by atoms with Crippen LogP contribution in [0.3, 0.4) is 0 Å². The highest BCUT2D eigenvalue weighted by atomic mass is 35.5. The second-order valence-electron chi connectivity index (χ2n) is 10.3. The number of amides is 1. The summed E-state index contributed by atoms with van der Waals surface area (Å²) in [6.45, 7) is 5.49. The van der Waals surface area contributed by atoms with E-state index in [1.54, 1.807) is 0 Å². The van der Waals surface area contributed by atoms with Crippen molar-refractivity contribution in [3.8, 4) is 0 Å². The lowest BCUT2D eigenvalue weighted by Crippen LogP contribution is -2.44. The topological polar surface area (TPSA) is 98.1 Å². The second kappa shape index (κ2) is 16.3. The van der Waals surface area contributed by atoms with Gasteiger partial charge in [-0.3, -0.25) is 14.6 Å². The Hall–Kier alpha value is -3.33. The number of halogens is 3. The average molecular weight is 635 g/mol. The Morgan fingerprint density at radius 1 is 1.02 bits per heavy atom. The van der Waals surface area contributed by atoms with Gasteiger partial charge in [0.15, 0.2) is 0 Å². The molecule has 3 aromatic rings. The summed E-state index contributed by atoms with van der Waals surface area (Å²) in [6, 6.07) is 19.4. The second-order valence-corrected chi connectivity index (χ2v) is 10.3. The molecule has 2 N–H and O–H groups in total. The van der Waals surface area contributed by atoms with Gasteiger partial charge in [-0.25, -0.2) is 4.98 Å². The van der Waals surface area contributed by atoms with Gasteiger partial charge in [0.05, 0.1) is 19.3 Å². The Morgan fingerprint density at radius 3 is 2.40 bits per heavy atom. The number of anilines is 2. The lowest BCUT2D eigenvalue weighted by Gasteiger charge is -2.33. The molecular weight excluding hydrogens is 597 g/mol. The summed E-state index contributed by atoms with van der Waals surface area (Å²) < 4.78 is 0. The van der Waals surface area contributed by atoms with Gasteiger partial charge in [-0.05, 0) is 84.2 Å². The zero-order valence-electron chi connectivity index (χ0n) is 23.5. The molecule has 0 bridgehead atoms. The number of benzene rings is 2. The number of carboxylic acids is 1. The average Bonchev–Trinajstić information content (AvgIpc) is 2.96. The zero-order chi connectivity index (χ0) is 27.2. The maximum atomic E-state index is 13.0. The van der Waals surface area contributed by atoms with Crippen LogP contribution < -0.4 is 10.2 Å². The fraction of sp³-hybridized carbons (Fsp3) is 0.355. The minimum absolute atomic E-state index is 0. The lowest BCUT2D eigenvalue weighted by atomic mass is 9.72. The Bertz CT molecular complexity index is 1330. The molecule has 1 fully saturated rings. The van der Waals surface area contributed by atoms with Crippen molar-refractivity contribution >= 4 is 66.8 Å². The number of aliphatic carboxylic acids is 1. The normalized spacial score (nSPS) is 17.7. The first kappa shape index (κ1) is 34.9. The number of hydrazone groups is 1. The van der Waals surface area contributed by atoms with E-state index in [1.165, 1.54) is 11.1 Å². The van der Waals surface area contributed by atoms with Crippen LogP contribution in [0.15, 0.2) is 72.0 Å². The molecule has 2 unspecified atom stereocenters. The van der Waals surface area contributed by atoms with E-state index in [-0.39, 0.29) is 61.4 Å². The van der Waals surface area contributed by atoms with Crippen LogP contribution in [0, 0.1) is 5.92 Å². The van der Waals surface area contributed by atoms with E-state index in [9.17, 15) is 14.7 Å². The third-order valence-corrected chi connectivity index (χ3v) is 7.81. The van der Waals surface area contributed by atoms with E-state index in [4.69, 9.17) is 0 Å². The van der Waals surface area contributed by atoms with Crippen molar-refractivity contribution in [2.45, 2.75) is 38.5 Å². The van der Waals surface area contributed by atoms with Gasteiger partial charge in [0.2, 0.25) is 0 Å². The molecule has 42 heavy (non-hydrogen) atoms. The largest absolute Gasteiger partial charge is 0.481 e. The quantitative estimate of drug-likeness (QED) is 0.283. The van der Waals surface area contributed by atoms with Crippen LogP contribution in [0.2, 0.25) is 0 Å². The fourth-order valence-corrected chi connectivity index (χ4v) is 5.72. The molecule has 0 radical (unpaired) electrons. The van der Waals surface area contributed by atoms with Gasteiger partial charge in [0.1, 0.15) is 5.82 Å². The lowest BCUT2D eigenvalue weighted by molar-refractivity contribution is -0.138. The monoisotopic (exact) mass is 633 g/mol. The van der Waals surface area contributed by atoms with Gasteiger partial charge in [-0.1, -0.05) is 31.2 Å². The zero-order valence-corrected chi connectivity index (χ0v) is 26.0. The number of rotatable bonds is 8. The number of hydrogen-bond donors (Lipinski definition) is 2. The first-order chi connectivity index (χ1) is 19.0. The summed E-state index contributed by atoms with van der Waals surface area (Å²) in [5.41, 5.74) is 4.67. The van der Waals surface area contributed by atoms with Crippen LogP contribution in [0.1, 0.15) is 59.2 Å². The highest BCUT2D eigenvalue weighted by Gasteiger charge is 2.30. The summed E-state index contributed by atoms with van der Waals surface area (Å²) in [5.74, 6) is 0.402. The van der Waals surface area contributed by atoms with Crippen LogP contribution in [-0.2, 0) is 11.2 Å². The first-order valence-corrected chi connectivity index (χ1v) is 13.7. The summed E-state index contributed by atoms with van der Waals surface area (Å²) in [7, 11) is 0. The Balaban J connectivity index is 0.00000205. The smallest absolute Gasteiger partial charge is 0.303 e. The third kappa shape index (κ3) is 8.60. The van der Waals surface area contributed by atoms with Crippen molar-refractivity contribution in [2.75, 3.05) is 36.4 Å². The van der Waals surface area contributed by atoms with E-state index in [0.717, 1.165) is 62.5 Å². The molecule has 2 atom stereocenters. The Labute approximate surface area is 265 Å². The highest BCUT2D eigenvalue weighted by Crippen LogP contribution is 2.41. The van der Waals surface area contributed by atoms with Crippen LogP contribution in [0.4, 0.5) is 11.5 Å². The molecule has 5 rings (SSSR count). The van der Waals surface area contributed by atoms with E-state index in [1.807, 2.05) is 67.0 Å². The van der Waals surface area contributed by atoms with Crippen molar-refractivity contribution in [3.63, 3.8) is 0 Å². The van der Waals surface area contributed by atoms with Crippen molar-refractivity contribution in [1.29, 1.82) is 0 Å². The Kier molecular flexibility index (Phi) is 13.6. The van der Waals surface area contributed by atoms with Crippen molar-refractivity contribution in [3.05, 3.63) is 89.1 Å². The number of hydrogen-bond acceptors (Lipinski definition) is 6. The molecule has 1 saturated heterocycles. The molecule has 0 spiro atoms. The molecule has 2 aliphatic rings. The van der Waals surface area contributed by atoms with Crippen LogP contribution >= 0.6 is 37.2 Å². The van der Waals surface area contributed by atoms with E-state index >= 15 is 0 Å². The molecule has 11 heteroatoms. The van der Waals surface area contributed by atoms with E-state index in [0.29, 0.717) is 5.56 Å². The molecule has 8 nitrogen and oxygen atoms in total. The molecule has 1 amide bonds. The molecule has 2 aromatic carbocycles. The van der Waals surface area contributed by atoms with Gasteiger partial charge in [-0.2, -0.15) is 5.10 Å². The van der Waals surface area contributed by atoms with Crippen LogP contribution in [0.5, 0.6) is 0 Å². The van der Waals surface area contributed by atoms with Gasteiger partial charge in [-0.15, -0.1) is 37.2 Å². The van der Waals surface area contributed by atoms with Crippen molar-refractivity contribution in [2.24, 2.45) is 11.0 Å². The predicted molar refractivity (Wildman–Crippen MR) is 175 cm³/mol. The Morgan fingerprint density at radius 2 is 1.76 bits per heavy atom. The minimum Gasteiger partial charge on any atom is -0.481 e. The number of aromatic nitrogens is 1. The number of pyridine rings is 1. The number of carbonyl (C=O) groups is 2. The molecule has 226 valence electrons. The van der Waals surface area contributed by atoms with Gasteiger partial charge >= 0.3 is 5.97 Å². The molecule has 1 aliphatic carbocycles. The van der Waals surface area contributed by atoms with Gasteiger partial charge in [0.25, 0.3) is 5.91 Å². The van der Waals surface area contributed by atoms with Crippen molar-refractivity contribution < 1.29 is 14.7 Å². The summed E-state index contributed by atoms with van der Waals surface area (Å²) in [6.07, 6.45) is 6.48. The third-order valence-electron chi connectivity index (χ3n) is 7.81. The molecule has 2 heterocycles.